The number of benzene rings is 1. The van der Waals surface area contributed by atoms with Crippen molar-refractivity contribution in [1.82, 2.24) is 19.1 Å². The minimum atomic E-state index is -0.484. The lowest BCUT2D eigenvalue weighted by Gasteiger charge is -2.09. The zero-order valence-corrected chi connectivity index (χ0v) is 13.7. The quantitative estimate of drug-likeness (QED) is 0.694. The summed E-state index contributed by atoms with van der Waals surface area (Å²) >= 11 is 0. The monoisotopic (exact) mass is 325 g/mol. The fourth-order valence-corrected chi connectivity index (χ4v) is 2.56. The Morgan fingerprint density at radius 1 is 1.29 bits per heavy atom. The highest BCUT2D eigenvalue weighted by Crippen LogP contribution is 2.17. The lowest BCUT2D eigenvalue weighted by molar-refractivity contribution is 0.808. The number of nitrogens with zero attached hydrogens (tertiary/aromatic N) is 3. The Balaban J connectivity index is 2.20. The molecule has 7 nitrogen and oxygen atoms in total. The smallest absolute Gasteiger partial charge is 0.329 e. The molecule has 2 heterocycles. The molecular weight excluding hydrogens is 306 g/mol. The number of aromatic amines is 1. The molecule has 0 bridgehead atoms. The molecule has 1 aromatic carbocycles. The summed E-state index contributed by atoms with van der Waals surface area (Å²) in [6.07, 6.45) is 1.71. The summed E-state index contributed by atoms with van der Waals surface area (Å²) in [5.74, 6) is 0.525. The van der Waals surface area contributed by atoms with Gasteiger partial charge in [-0.3, -0.25) is 18.9 Å². The molecule has 0 amide bonds. The Kier molecular flexibility index (Phi) is 4.07. The van der Waals surface area contributed by atoms with Gasteiger partial charge in [0.2, 0.25) is 5.95 Å². The Bertz CT molecular complexity index is 1010. The normalized spacial score (nSPS) is 10.9. The number of hydrogen-bond donors (Lipinski definition) is 2. The molecule has 0 aliphatic carbocycles. The summed E-state index contributed by atoms with van der Waals surface area (Å²) in [4.78, 5) is 30.9. The number of rotatable bonds is 5. The fraction of sp³-hybridized carbons (Fsp3) is 0.235. The number of imidazole rings is 1. The third-order valence-corrected chi connectivity index (χ3v) is 3.87. The molecule has 0 atom stereocenters. The molecular formula is C17H19N5O2. The second-order valence-corrected chi connectivity index (χ2v) is 5.67. The van der Waals surface area contributed by atoms with E-state index in [4.69, 9.17) is 0 Å². The molecule has 2 aromatic heterocycles. The van der Waals surface area contributed by atoms with E-state index in [9.17, 15) is 9.59 Å². The van der Waals surface area contributed by atoms with Crippen LogP contribution in [0.25, 0.3) is 11.2 Å². The van der Waals surface area contributed by atoms with Crippen molar-refractivity contribution in [2.45, 2.75) is 13.5 Å². The second kappa shape index (κ2) is 6.19. The molecule has 124 valence electrons. The average molecular weight is 325 g/mol. The number of anilines is 1. The van der Waals surface area contributed by atoms with E-state index in [0.29, 0.717) is 30.2 Å². The van der Waals surface area contributed by atoms with Crippen molar-refractivity contribution in [3.8, 4) is 0 Å². The van der Waals surface area contributed by atoms with Gasteiger partial charge in [0.1, 0.15) is 0 Å². The molecule has 0 radical (unpaired) electrons. The van der Waals surface area contributed by atoms with Gasteiger partial charge < -0.3 is 5.32 Å². The largest absolute Gasteiger partial charge is 0.352 e. The maximum atomic E-state index is 12.3. The van der Waals surface area contributed by atoms with E-state index in [2.05, 4.69) is 21.9 Å². The van der Waals surface area contributed by atoms with Crippen LogP contribution in [0.4, 0.5) is 5.95 Å². The second-order valence-electron chi connectivity index (χ2n) is 5.67. The van der Waals surface area contributed by atoms with Crippen molar-refractivity contribution in [3.63, 3.8) is 0 Å². The van der Waals surface area contributed by atoms with Crippen LogP contribution in [0.2, 0.25) is 0 Å². The van der Waals surface area contributed by atoms with E-state index in [0.717, 1.165) is 5.56 Å². The van der Waals surface area contributed by atoms with Gasteiger partial charge in [-0.05, 0) is 12.5 Å². The van der Waals surface area contributed by atoms with Crippen molar-refractivity contribution >= 4 is 17.1 Å². The van der Waals surface area contributed by atoms with Crippen LogP contribution in [0.5, 0.6) is 0 Å². The highest BCUT2D eigenvalue weighted by atomic mass is 16.2. The third kappa shape index (κ3) is 2.76. The number of fused-ring (bicyclic) bond motifs is 1. The summed E-state index contributed by atoms with van der Waals surface area (Å²) in [6, 6.07) is 8.06. The Hall–Kier alpha value is -3.09. The van der Waals surface area contributed by atoms with E-state index in [1.807, 2.05) is 31.2 Å². The van der Waals surface area contributed by atoms with Crippen LogP contribution in [0, 0.1) is 6.92 Å². The fourth-order valence-electron chi connectivity index (χ4n) is 2.56. The average Bonchev–Trinajstić information content (AvgIpc) is 2.92. The molecule has 7 heteroatoms. The lowest BCUT2D eigenvalue weighted by atomic mass is 10.1. The van der Waals surface area contributed by atoms with Gasteiger partial charge in [-0.2, -0.15) is 4.98 Å². The first-order valence-electron chi connectivity index (χ1n) is 7.61. The predicted molar refractivity (Wildman–Crippen MR) is 94.6 cm³/mol. The molecule has 0 saturated heterocycles. The highest BCUT2D eigenvalue weighted by molar-refractivity contribution is 5.74. The maximum absolute atomic E-state index is 12.3. The minimum absolute atomic E-state index is 0.349. The first kappa shape index (κ1) is 15.8. The topological polar surface area (TPSA) is 84.7 Å². The molecule has 0 saturated carbocycles. The Morgan fingerprint density at radius 3 is 2.67 bits per heavy atom. The van der Waals surface area contributed by atoms with Gasteiger partial charge >= 0.3 is 5.69 Å². The SMILES string of the molecule is C=CCNc1nc2c(c(=O)[nH]c(=O)n2C)n1Cc1ccc(C)cc1. The van der Waals surface area contributed by atoms with Gasteiger partial charge in [0, 0.05) is 13.6 Å². The number of aryl methyl sites for hydroxylation is 2. The molecule has 0 spiro atoms. The van der Waals surface area contributed by atoms with Gasteiger partial charge in [-0.25, -0.2) is 4.79 Å². The van der Waals surface area contributed by atoms with Crippen LogP contribution in [0.1, 0.15) is 11.1 Å². The van der Waals surface area contributed by atoms with Gasteiger partial charge in [0.15, 0.2) is 11.2 Å². The Labute approximate surface area is 138 Å². The molecule has 0 fully saturated rings. The standard InChI is InChI=1S/C17H19N5O2/c1-4-9-18-16-19-14-13(15(23)20-17(24)21(14)3)22(16)10-12-7-5-11(2)6-8-12/h4-8H,1,9-10H2,2-3H3,(H,18,19)(H,20,23,24). The number of aromatic nitrogens is 4. The Morgan fingerprint density at radius 2 is 2.00 bits per heavy atom. The van der Waals surface area contributed by atoms with Crippen molar-refractivity contribution in [3.05, 3.63) is 68.9 Å². The molecule has 2 N–H and O–H groups in total. The lowest BCUT2D eigenvalue weighted by Crippen LogP contribution is -2.29. The molecule has 3 aromatic rings. The third-order valence-electron chi connectivity index (χ3n) is 3.87. The van der Waals surface area contributed by atoms with Crippen LogP contribution < -0.4 is 16.6 Å². The minimum Gasteiger partial charge on any atom is -0.352 e. The first-order chi connectivity index (χ1) is 11.5. The summed E-state index contributed by atoms with van der Waals surface area (Å²) in [5.41, 5.74) is 1.99. The van der Waals surface area contributed by atoms with Gasteiger partial charge in [-0.15, -0.1) is 6.58 Å². The molecule has 0 unspecified atom stereocenters. The van der Waals surface area contributed by atoms with Crippen molar-refractivity contribution in [2.24, 2.45) is 7.05 Å². The van der Waals surface area contributed by atoms with E-state index in [1.54, 1.807) is 17.7 Å². The number of nitrogens with one attached hydrogen (secondary N) is 2. The van der Waals surface area contributed by atoms with Gasteiger partial charge in [0.25, 0.3) is 5.56 Å². The molecule has 24 heavy (non-hydrogen) atoms. The zero-order valence-electron chi connectivity index (χ0n) is 13.7. The molecule has 3 rings (SSSR count). The van der Waals surface area contributed by atoms with Crippen LogP contribution >= 0.6 is 0 Å². The van der Waals surface area contributed by atoms with E-state index in [-0.39, 0.29) is 0 Å². The summed E-state index contributed by atoms with van der Waals surface area (Å²) in [7, 11) is 1.58. The van der Waals surface area contributed by atoms with Crippen LogP contribution in [-0.4, -0.2) is 25.6 Å². The van der Waals surface area contributed by atoms with Gasteiger partial charge in [-0.1, -0.05) is 35.9 Å². The van der Waals surface area contributed by atoms with Crippen LogP contribution in [0.15, 0.2) is 46.5 Å². The van der Waals surface area contributed by atoms with Crippen LogP contribution in [0.3, 0.4) is 0 Å². The van der Waals surface area contributed by atoms with Crippen LogP contribution in [-0.2, 0) is 13.6 Å². The number of hydrogen-bond acceptors (Lipinski definition) is 4. The highest BCUT2D eigenvalue weighted by Gasteiger charge is 2.17. The van der Waals surface area contributed by atoms with E-state index < -0.39 is 11.2 Å². The van der Waals surface area contributed by atoms with Crippen molar-refractivity contribution < 1.29 is 0 Å². The molecule has 0 aliphatic rings. The summed E-state index contributed by atoms with van der Waals surface area (Å²) < 4.78 is 3.11. The molecule has 0 aliphatic heterocycles. The first-order valence-corrected chi connectivity index (χ1v) is 7.61. The number of H-pyrrole nitrogens is 1. The zero-order chi connectivity index (χ0) is 17.3. The maximum Gasteiger partial charge on any atom is 0.329 e. The van der Waals surface area contributed by atoms with Gasteiger partial charge in [0.05, 0.1) is 6.54 Å². The van der Waals surface area contributed by atoms with Crippen molar-refractivity contribution in [1.29, 1.82) is 0 Å². The summed E-state index contributed by atoms with van der Waals surface area (Å²) in [5, 5.41) is 3.12. The predicted octanol–water partition coefficient (Wildman–Crippen LogP) is 1.38. The van der Waals surface area contributed by atoms with E-state index >= 15 is 0 Å². The van der Waals surface area contributed by atoms with E-state index in [1.165, 1.54) is 10.1 Å². The van der Waals surface area contributed by atoms with Crippen molar-refractivity contribution in [2.75, 3.05) is 11.9 Å². The summed E-state index contributed by atoms with van der Waals surface area (Å²) in [6.45, 7) is 6.67.